The van der Waals surface area contributed by atoms with Gasteiger partial charge in [-0.25, -0.2) is 8.42 Å². The molecule has 2 rings (SSSR count). The highest BCUT2D eigenvalue weighted by molar-refractivity contribution is 7.89. The zero-order valence-electron chi connectivity index (χ0n) is 15.4. The number of ether oxygens (including phenoxy) is 1. The smallest absolute Gasteiger partial charge is 0.247 e. The van der Waals surface area contributed by atoms with Crippen LogP contribution in [0, 0.1) is 19.8 Å². The van der Waals surface area contributed by atoms with E-state index in [2.05, 4.69) is 5.32 Å². The Morgan fingerprint density at radius 2 is 2.08 bits per heavy atom. The molecule has 26 heavy (non-hydrogen) atoms. The van der Waals surface area contributed by atoms with Crippen LogP contribution in [-0.2, 0) is 14.8 Å². The summed E-state index contributed by atoms with van der Waals surface area (Å²) in [5, 5.41) is 2.75. The van der Waals surface area contributed by atoms with E-state index in [1.807, 2.05) is 13.0 Å². The number of piperidine rings is 1. The van der Waals surface area contributed by atoms with Gasteiger partial charge in [-0.1, -0.05) is 6.07 Å². The van der Waals surface area contributed by atoms with Gasteiger partial charge in [0.1, 0.15) is 10.6 Å². The van der Waals surface area contributed by atoms with Gasteiger partial charge in [-0.2, -0.15) is 4.31 Å². The van der Waals surface area contributed by atoms with Gasteiger partial charge in [-0.15, -0.1) is 12.4 Å². The average molecular weight is 406 g/mol. The summed E-state index contributed by atoms with van der Waals surface area (Å²) in [6.07, 6.45) is 1.32. The summed E-state index contributed by atoms with van der Waals surface area (Å²) in [5.41, 5.74) is 6.99. The fraction of sp³-hybridized carbons (Fsp3) is 0.588. The van der Waals surface area contributed by atoms with Crippen LogP contribution in [0.15, 0.2) is 17.0 Å². The summed E-state index contributed by atoms with van der Waals surface area (Å²) in [6.45, 7) is 4.99. The summed E-state index contributed by atoms with van der Waals surface area (Å²) < 4.78 is 33.1. The second-order valence-corrected chi connectivity index (χ2v) is 8.27. The van der Waals surface area contributed by atoms with Gasteiger partial charge in [-0.3, -0.25) is 4.79 Å². The number of nitrogens with two attached hydrogens (primary N) is 1. The molecule has 1 aromatic carbocycles. The Balaban J connectivity index is 0.00000338. The molecule has 0 saturated carbocycles. The minimum atomic E-state index is -3.74. The summed E-state index contributed by atoms with van der Waals surface area (Å²) in [5.74, 6) is -0.156. The Morgan fingerprint density at radius 1 is 1.38 bits per heavy atom. The lowest BCUT2D eigenvalue weighted by Gasteiger charge is -2.32. The van der Waals surface area contributed by atoms with Crippen molar-refractivity contribution >= 4 is 28.3 Å². The van der Waals surface area contributed by atoms with Gasteiger partial charge in [-0.05, 0) is 43.9 Å². The molecule has 0 spiro atoms. The van der Waals surface area contributed by atoms with Gasteiger partial charge in [0.2, 0.25) is 15.9 Å². The third-order valence-electron chi connectivity index (χ3n) is 4.40. The van der Waals surface area contributed by atoms with Gasteiger partial charge in [0.05, 0.1) is 13.0 Å². The number of methoxy groups -OCH3 is 1. The van der Waals surface area contributed by atoms with Crippen LogP contribution in [0.25, 0.3) is 0 Å². The molecule has 0 radical (unpaired) electrons. The van der Waals surface area contributed by atoms with Crippen molar-refractivity contribution in [1.29, 1.82) is 0 Å². The normalized spacial score (nSPS) is 18.1. The van der Waals surface area contributed by atoms with Crippen molar-refractivity contribution in [2.24, 2.45) is 11.7 Å². The Morgan fingerprint density at radius 3 is 2.69 bits per heavy atom. The maximum absolute atomic E-state index is 13.2. The average Bonchev–Trinajstić information content (AvgIpc) is 2.58. The zero-order chi connectivity index (χ0) is 18.6. The highest BCUT2D eigenvalue weighted by Gasteiger charge is 2.35. The monoisotopic (exact) mass is 405 g/mol. The Hall–Kier alpha value is -1.35. The number of benzene rings is 1. The van der Waals surface area contributed by atoms with E-state index in [0.717, 1.165) is 5.56 Å². The fourth-order valence-corrected chi connectivity index (χ4v) is 5.11. The van der Waals surface area contributed by atoms with Crippen LogP contribution >= 0.6 is 12.4 Å². The lowest BCUT2D eigenvalue weighted by atomic mass is 9.99. The van der Waals surface area contributed by atoms with Crippen LogP contribution < -0.4 is 15.8 Å². The number of hydrogen-bond acceptors (Lipinski definition) is 5. The topological polar surface area (TPSA) is 102 Å². The number of nitrogens with zero attached hydrogens (tertiary/aromatic N) is 1. The third kappa shape index (κ3) is 4.88. The van der Waals surface area contributed by atoms with Crippen molar-refractivity contribution in [3.8, 4) is 5.75 Å². The summed E-state index contributed by atoms with van der Waals surface area (Å²) >= 11 is 0. The second kappa shape index (κ2) is 9.55. The standard InChI is InChI=1S/C17H27N3O4S.ClH/c1-12-9-13(2)16(15(10-12)24-3)25(22,23)20-8-4-5-14(11-20)17(21)19-7-6-18;/h9-10,14H,4-8,11,18H2,1-3H3,(H,19,21);1H. The van der Waals surface area contributed by atoms with E-state index in [4.69, 9.17) is 10.5 Å². The van der Waals surface area contributed by atoms with E-state index in [-0.39, 0.29) is 35.7 Å². The number of sulfonamides is 1. The zero-order valence-corrected chi connectivity index (χ0v) is 17.1. The van der Waals surface area contributed by atoms with Crippen LogP contribution in [0.4, 0.5) is 0 Å². The third-order valence-corrected chi connectivity index (χ3v) is 6.45. The first-order valence-corrected chi connectivity index (χ1v) is 9.88. The molecule has 1 aliphatic heterocycles. The van der Waals surface area contributed by atoms with Gasteiger partial charge in [0.25, 0.3) is 0 Å². The molecule has 9 heteroatoms. The molecule has 7 nitrogen and oxygen atoms in total. The predicted molar refractivity (Wildman–Crippen MR) is 103 cm³/mol. The molecule has 0 bridgehead atoms. The van der Waals surface area contributed by atoms with E-state index >= 15 is 0 Å². The quantitative estimate of drug-likeness (QED) is 0.740. The van der Waals surface area contributed by atoms with Gasteiger partial charge >= 0.3 is 0 Å². The summed E-state index contributed by atoms with van der Waals surface area (Å²) in [6, 6.07) is 3.54. The van der Waals surface area contributed by atoms with Crippen LogP contribution in [0.3, 0.4) is 0 Å². The number of aryl methyl sites for hydroxylation is 2. The molecule has 1 aliphatic rings. The lowest BCUT2D eigenvalue weighted by molar-refractivity contribution is -0.126. The minimum absolute atomic E-state index is 0. The van der Waals surface area contributed by atoms with Crippen molar-refractivity contribution < 1.29 is 17.9 Å². The SMILES string of the molecule is COc1cc(C)cc(C)c1S(=O)(=O)N1CCCC(C(=O)NCCN)C1.Cl. The first kappa shape index (κ1) is 22.7. The summed E-state index contributed by atoms with van der Waals surface area (Å²) in [7, 11) is -2.27. The van der Waals surface area contributed by atoms with Crippen LogP contribution in [0.1, 0.15) is 24.0 Å². The highest BCUT2D eigenvalue weighted by Crippen LogP contribution is 2.33. The van der Waals surface area contributed by atoms with Gasteiger partial charge in [0, 0.05) is 26.2 Å². The number of carbonyl (C=O) groups excluding carboxylic acids is 1. The molecule has 0 aliphatic carbocycles. The molecule has 1 heterocycles. The van der Waals surface area contributed by atoms with Gasteiger partial charge in [0.15, 0.2) is 0 Å². The molecule has 3 N–H and O–H groups in total. The maximum atomic E-state index is 13.2. The number of nitrogens with one attached hydrogen (secondary N) is 1. The molecule has 1 fully saturated rings. The highest BCUT2D eigenvalue weighted by atomic mass is 35.5. The molecule has 1 saturated heterocycles. The second-order valence-electron chi connectivity index (χ2n) is 6.40. The molecular weight excluding hydrogens is 378 g/mol. The number of hydrogen-bond donors (Lipinski definition) is 2. The van der Waals surface area contributed by atoms with E-state index in [1.54, 1.807) is 13.0 Å². The Labute approximate surface area is 161 Å². The molecule has 0 aromatic heterocycles. The van der Waals surface area contributed by atoms with Crippen molar-refractivity contribution in [1.82, 2.24) is 9.62 Å². The molecular formula is C17H28ClN3O4S. The van der Waals surface area contributed by atoms with Crippen molar-refractivity contribution in [2.45, 2.75) is 31.6 Å². The van der Waals surface area contributed by atoms with E-state index in [9.17, 15) is 13.2 Å². The number of rotatable bonds is 6. The first-order valence-electron chi connectivity index (χ1n) is 8.44. The number of carbonyl (C=O) groups is 1. The van der Waals surface area contributed by atoms with Crippen molar-refractivity contribution in [3.05, 3.63) is 23.3 Å². The fourth-order valence-electron chi connectivity index (χ4n) is 3.24. The molecule has 1 atom stereocenters. The van der Waals surface area contributed by atoms with Crippen LogP contribution in [0.2, 0.25) is 0 Å². The van der Waals surface area contributed by atoms with Crippen molar-refractivity contribution in [3.63, 3.8) is 0 Å². The van der Waals surface area contributed by atoms with E-state index in [1.165, 1.54) is 11.4 Å². The first-order chi connectivity index (χ1) is 11.8. The largest absolute Gasteiger partial charge is 0.495 e. The van der Waals surface area contributed by atoms with Crippen LogP contribution in [-0.4, -0.2) is 51.9 Å². The molecule has 1 aromatic rings. The Kier molecular flexibility index (Phi) is 8.33. The minimum Gasteiger partial charge on any atom is -0.495 e. The summed E-state index contributed by atoms with van der Waals surface area (Å²) in [4.78, 5) is 12.4. The Bertz CT molecular complexity index is 740. The molecule has 148 valence electrons. The lowest BCUT2D eigenvalue weighted by Crippen LogP contribution is -2.46. The molecule has 1 unspecified atom stereocenters. The van der Waals surface area contributed by atoms with Crippen molar-refractivity contribution in [2.75, 3.05) is 33.3 Å². The van der Waals surface area contributed by atoms with E-state index in [0.29, 0.717) is 43.8 Å². The maximum Gasteiger partial charge on any atom is 0.247 e. The van der Waals surface area contributed by atoms with Gasteiger partial charge < -0.3 is 15.8 Å². The van der Waals surface area contributed by atoms with Crippen LogP contribution in [0.5, 0.6) is 5.75 Å². The number of halogens is 1. The van der Waals surface area contributed by atoms with E-state index < -0.39 is 10.0 Å². The number of amides is 1. The predicted octanol–water partition coefficient (Wildman–Crippen LogP) is 1.21. The molecule has 1 amide bonds.